The molecule has 0 bridgehead atoms. The molecule has 0 fully saturated rings. The zero-order valence-electron chi connectivity index (χ0n) is 10.3. The van der Waals surface area contributed by atoms with Crippen molar-refractivity contribution in [1.82, 2.24) is 20.2 Å². The van der Waals surface area contributed by atoms with E-state index in [0.29, 0.717) is 22.3 Å². The summed E-state index contributed by atoms with van der Waals surface area (Å²) in [5.41, 5.74) is 3.05. The maximum atomic E-state index is 14.2. The molecular weight excluding hydrogens is 267 g/mol. The van der Waals surface area contributed by atoms with Crippen LogP contribution in [0.15, 0.2) is 18.3 Å². The van der Waals surface area contributed by atoms with Crippen molar-refractivity contribution in [3.63, 3.8) is 0 Å². The lowest BCUT2D eigenvalue weighted by atomic mass is 10.0. The third kappa shape index (κ3) is 1.96. The summed E-state index contributed by atoms with van der Waals surface area (Å²) in [5.74, 6) is -0.324. The number of nitrogens with one attached hydrogen (secondary N) is 1. The molecular formula is C13H10ClFN4. The number of aromatic amines is 1. The summed E-state index contributed by atoms with van der Waals surface area (Å²) in [6.07, 6.45) is 1.57. The van der Waals surface area contributed by atoms with Crippen LogP contribution in [-0.4, -0.2) is 20.2 Å². The molecule has 0 spiro atoms. The van der Waals surface area contributed by atoms with Gasteiger partial charge in [0.05, 0.1) is 17.3 Å². The third-order valence-electron chi connectivity index (χ3n) is 2.95. The highest BCUT2D eigenvalue weighted by Crippen LogP contribution is 2.31. The Balaban J connectivity index is 2.39. The van der Waals surface area contributed by atoms with Crippen molar-refractivity contribution in [2.75, 3.05) is 0 Å². The molecule has 96 valence electrons. The Kier molecular flexibility index (Phi) is 2.71. The normalized spacial score (nSPS) is 11.2. The summed E-state index contributed by atoms with van der Waals surface area (Å²) in [6.45, 7) is 3.69. The van der Waals surface area contributed by atoms with Crippen molar-refractivity contribution in [2.24, 2.45) is 0 Å². The van der Waals surface area contributed by atoms with Gasteiger partial charge in [0.15, 0.2) is 5.65 Å². The molecule has 0 unspecified atom stereocenters. The molecule has 0 radical (unpaired) electrons. The van der Waals surface area contributed by atoms with Crippen LogP contribution in [0.2, 0.25) is 5.28 Å². The average molecular weight is 277 g/mol. The van der Waals surface area contributed by atoms with Crippen molar-refractivity contribution < 1.29 is 4.39 Å². The number of fused-ring (bicyclic) bond motifs is 1. The smallest absolute Gasteiger partial charge is 0.224 e. The number of H-pyrrole nitrogens is 1. The van der Waals surface area contributed by atoms with Gasteiger partial charge in [-0.05, 0) is 42.6 Å². The number of rotatable bonds is 1. The standard InChI is InChI=1S/C13H10ClFN4/c1-6-3-7(2)10(9(15)4-6)11-8-5-16-19-12(8)18-13(14)17-11/h3-5H,1-2H3,(H,16,17,18,19). The molecule has 0 aliphatic rings. The molecule has 3 rings (SSSR count). The van der Waals surface area contributed by atoms with Gasteiger partial charge in [0.25, 0.3) is 0 Å². The summed E-state index contributed by atoms with van der Waals surface area (Å²) in [4.78, 5) is 8.16. The minimum Gasteiger partial charge on any atom is -0.261 e. The van der Waals surface area contributed by atoms with Crippen LogP contribution in [-0.2, 0) is 0 Å². The second kappa shape index (κ2) is 4.28. The number of hydrogen-bond acceptors (Lipinski definition) is 3. The van der Waals surface area contributed by atoms with Crippen LogP contribution >= 0.6 is 11.6 Å². The lowest BCUT2D eigenvalue weighted by Crippen LogP contribution is -1.96. The first-order valence-corrected chi connectivity index (χ1v) is 6.08. The molecule has 3 aromatic rings. The predicted octanol–water partition coefficient (Wildman–Crippen LogP) is 3.43. The Bertz CT molecular complexity index is 758. The molecule has 0 aliphatic carbocycles. The van der Waals surface area contributed by atoms with Crippen LogP contribution in [0.4, 0.5) is 4.39 Å². The van der Waals surface area contributed by atoms with E-state index in [0.717, 1.165) is 11.1 Å². The van der Waals surface area contributed by atoms with Crippen molar-refractivity contribution in [3.8, 4) is 11.3 Å². The summed E-state index contributed by atoms with van der Waals surface area (Å²) >= 11 is 5.87. The molecule has 0 amide bonds. The van der Waals surface area contributed by atoms with E-state index < -0.39 is 0 Å². The Hall–Kier alpha value is -2.01. The maximum Gasteiger partial charge on any atom is 0.224 e. The van der Waals surface area contributed by atoms with E-state index in [1.165, 1.54) is 6.07 Å². The van der Waals surface area contributed by atoms with Crippen LogP contribution in [0.25, 0.3) is 22.3 Å². The fraction of sp³-hybridized carbons (Fsp3) is 0.154. The number of aryl methyl sites for hydroxylation is 2. The van der Waals surface area contributed by atoms with E-state index in [9.17, 15) is 4.39 Å². The van der Waals surface area contributed by atoms with E-state index in [2.05, 4.69) is 20.2 Å². The molecule has 1 N–H and O–H groups in total. The summed E-state index contributed by atoms with van der Waals surface area (Å²) in [5, 5.41) is 7.32. The van der Waals surface area contributed by atoms with Crippen LogP contribution < -0.4 is 0 Å². The average Bonchev–Trinajstić information content (AvgIpc) is 2.75. The molecule has 0 saturated carbocycles. The van der Waals surface area contributed by atoms with Crippen molar-refractivity contribution in [2.45, 2.75) is 13.8 Å². The van der Waals surface area contributed by atoms with Gasteiger partial charge in [-0.2, -0.15) is 10.1 Å². The summed E-state index contributed by atoms with van der Waals surface area (Å²) < 4.78 is 14.2. The van der Waals surface area contributed by atoms with E-state index in [4.69, 9.17) is 11.6 Å². The van der Waals surface area contributed by atoms with Gasteiger partial charge in [0.2, 0.25) is 5.28 Å². The first-order chi connectivity index (χ1) is 9.06. The monoisotopic (exact) mass is 276 g/mol. The van der Waals surface area contributed by atoms with E-state index in [-0.39, 0.29) is 11.1 Å². The number of halogens is 2. The molecule has 2 heterocycles. The van der Waals surface area contributed by atoms with Crippen LogP contribution in [0.1, 0.15) is 11.1 Å². The van der Waals surface area contributed by atoms with Crippen molar-refractivity contribution in [3.05, 3.63) is 40.6 Å². The molecule has 0 saturated heterocycles. The van der Waals surface area contributed by atoms with Gasteiger partial charge >= 0.3 is 0 Å². The lowest BCUT2D eigenvalue weighted by Gasteiger charge is -2.09. The van der Waals surface area contributed by atoms with Crippen molar-refractivity contribution in [1.29, 1.82) is 0 Å². The third-order valence-corrected chi connectivity index (χ3v) is 3.12. The Morgan fingerprint density at radius 3 is 2.74 bits per heavy atom. The Labute approximate surface area is 113 Å². The van der Waals surface area contributed by atoms with Gasteiger partial charge in [-0.3, -0.25) is 5.10 Å². The van der Waals surface area contributed by atoms with Gasteiger partial charge in [-0.1, -0.05) is 6.07 Å². The first kappa shape index (κ1) is 12.0. The maximum absolute atomic E-state index is 14.2. The minimum atomic E-state index is -0.324. The highest BCUT2D eigenvalue weighted by Gasteiger charge is 2.16. The van der Waals surface area contributed by atoms with Gasteiger partial charge in [0, 0.05) is 5.56 Å². The van der Waals surface area contributed by atoms with E-state index in [1.807, 2.05) is 19.9 Å². The SMILES string of the molecule is Cc1cc(C)c(-c2nc(Cl)nc3[nH]ncc23)c(F)c1. The summed E-state index contributed by atoms with van der Waals surface area (Å²) in [6, 6.07) is 3.38. The number of hydrogen-bond donors (Lipinski definition) is 1. The first-order valence-electron chi connectivity index (χ1n) is 5.70. The Morgan fingerprint density at radius 2 is 2.00 bits per heavy atom. The topological polar surface area (TPSA) is 54.5 Å². The van der Waals surface area contributed by atoms with Crippen LogP contribution in [0.3, 0.4) is 0 Å². The fourth-order valence-corrected chi connectivity index (χ4v) is 2.38. The molecule has 2 aromatic heterocycles. The highest BCUT2D eigenvalue weighted by molar-refractivity contribution is 6.28. The molecule has 4 nitrogen and oxygen atoms in total. The van der Waals surface area contributed by atoms with Crippen LogP contribution in [0, 0.1) is 19.7 Å². The van der Waals surface area contributed by atoms with Gasteiger partial charge < -0.3 is 0 Å². The summed E-state index contributed by atoms with van der Waals surface area (Å²) in [7, 11) is 0. The van der Waals surface area contributed by atoms with Gasteiger partial charge in [-0.15, -0.1) is 0 Å². The Morgan fingerprint density at radius 1 is 1.21 bits per heavy atom. The van der Waals surface area contributed by atoms with E-state index >= 15 is 0 Å². The number of nitrogens with zero attached hydrogens (tertiary/aromatic N) is 3. The second-order valence-electron chi connectivity index (χ2n) is 4.41. The van der Waals surface area contributed by atoms with Crippen molar-refractivity contribution >= 4 is 22.6 Å². The van der Waals surface area contributed by atoms with Gasteiger partial charge in [-0.25, -0.2) is 9.37 Å². The molecule has 6 heteroatoms. The quantitative estimate of drug-likeness (QED) is 0.693. The largest absolute Gasteiger partial charge is 0.261 e. The zero-order valence-corrected chi connectivity index (χ0v) is 11.1. The highest BCUT2D eigenvalue weighted by atomic mass is 35.5. The number of benzene rings is 1. The van der Waals surface area contributed by atoms with Gasteiger partial charge in [0.1, 0.15) is 5.82 Å². The zero-order chi connectivity index (χ0) is 13.6. The minimum absolute atomic E-state index is 0.0612. The second-order valence-corrected chi connectivity index (χ2v) is 4.75. The van der Waals surface area contributed by atoms with E-state index in [1.54, 1.807) is 6.20 Å². The molecule has 19 heavy (non-hydrogen) atoms. The fourth-order valence-electron chi connectivity index (χ4n) is 2.21. The predicted molar refractivity (Wildman–Crippen MR) is 71.6 cm³/mol. The molecule has 0 atom stereocenters. The molecule has 1 aromatic carbocycles. The molecule has 0 aliphatic heterocycles. The number of aromatic nitrogens is 4. The van der Waals surface area contributed by atoms with Crippen LogP contribution in [0.5, 0.6) is 0 Å². The lowest BCUT2D eigenvalue weighted by molar-refractivity contribution is 0.628.